The predicted octanol–water partition coefficient (Wildman–Crippen LogP) is 4.75. The number of sulfonamides is 1. The van der Waals surface area contributed by atoms with Crippen LogP contribution in [0.5, 0.6) is 5.75 Å². The number of carbonyl (C=O) groups excluding carboxylic acids is 1. The zero-order valence-electron chi connectivity index (χ0n) is 27.4. The molecule has 0 aliphatic carbocycles. The van der Waals surface area contributed by atoms with Crippen LogP contribution in [0.15, 0.2) is 83.8 Å². The number of benzene rings is 3. The zero-order chi connectivity index (χ0) is 33.7. The van der Waals surface area contributed by atoms with Crippen LogP contribution in [-0.4, -0.2) is 27.7 Å². The van der Waals surface area contributed by atoms with Crippen molar-refractivity contribution in [3.05, 3.63) is 101 Å². The number of hydrogen-bond donors (Lipinski definition) is 5. The number of rotatable bonds is 11. The van der Waals surface area contributed by atoms with Crippen molar-refractivity contribution in [2.45, 2.75) is 53.4 Å². The summed E-state index contributed by atoms with van der Waals surface area (Å²) in [4.78, 5) is 13.6. The van der Waals surface area contributed by atoms with Gasteiger partial charge in [-0.05, 0) is 73.2 Å². The van der Waals surface area contributed by atoms with Gasteiger partial charge in [0.15, 0.2) is 11.4 Å². The Kier molecular flexibility index (Phi) is 11.1. The van der Waals surface area contributed by atoms with Crippen molar-refractivity contribution in [2.24, 2.45) is 11.7 Å². The lowest BCUT2D eigenvalue weighted by Crippen LogP contribution is -2.50. The number of anilines is 4. The van der Waals surface area contributed by atoms with E-state index in [4.69, 9.17) is 16.4 Å². The quantitative estimate of drug-likeness (QED) is 0.114. The first-order valence-corrected chi connectivity index (χ1v) is 16.4. The molecule has 45 heavy (non-hydrogen) atoms. The summed E-state index contributed by atoms with van der Waals surface area (Å²) in [5, 5.41) is 5.98. The third-order valence-corrected chi connectivity index (χ3v) is 7.91. The molecule has 3 aromatic carbocycles. The van der Waals surface area contributed by atoms with Gasteiger partial charge in [-0.1, -0.05) is 52.0 Å². The Morgan fingerprint density at radius 2 is 1.67 bits per heavy atom. The number of nitrogens with two attached hydrogens (primary N) is 2. The summed E-state index contributed by atoms with van der Waals surface area (Å²) in [7, 11) is -2.20. The van der Waals surface area contributed by atoms with Crippen LogP contribution in [-0.2, 0) is 15.4 Å². The Hall–Kier alpha value is -4.36. The number of methoxy groups -OCH3 is 1. The van der Waals surface area contributed by atoms with E-state index in [9.17, 15) is 13.2 Å². The third-order valence-electron chi connectivity index (χ3n) is 7.32. The zero-order valence-corrected chi connectivity index (χ0v) is 28.2. The van der Waals surface area contributed by atoms with Gasteiger partial charge in [0.1, 0.15) is 0 Å². The van der Waals surface area contributed by atoms with Crippen LogP contribution >= 0.6 is 0 Å². The molecule has 0 spiro atoms. The molecule has 0 aliphatic rings. The maximum Gasteiger partial charge on any atom is 0.255 e. The van der Waals surface area contributed by atoms with Crippen LogP contribution in [0, 0.1) is 6.92 Å². The molecule has 0 aliphatic heterocycles. The molecule has 1 amide bonds. The normalized spacial score (nSPS) is 12.7. The van der Waals surface area contributed by atoms with Gasteiger partial charge in [-0.3, -0.25) is 19.5 Å². The number of carbonyl (C=O) groups is 1. The van der Waals surface area contributed by atoms with Crippen LogP contribution in [0.4, 0.5) is 22.7 Å². The molecule has 0 saturated heterocycles. The molecular formula is C33H46N7O4S+. The first-order valence-electron chi connectivity index (χ1n) is 14.5. The lowest BCUT2D eigenvalue weighted by atomic mass is 9.86. The minimum atomic E-state index is -3.62. The maximum atomic E-state index is 13.6. The first kappa shape index (κ1) is 35.1. The Morgan fingerprint density at radius 3 is 2.22 bits per heavy atom. The molecule has 11 nitrogen and oxygen atoms in total. The van der Waals surface area contributed by atoms with Gasteiger partial charge in [-0.15, -0.1) is 0 Å². The summed E-state index contributed by atoms with van der Waals surface area (Å²) in [6, 6.07) is 18.3. The van der Waals surface area contributed by atoms with Crippen molar-refractivity contribution in [1.82, 2.24) is 0 Å². The van der Waals surface area contributed by atoms with Crippen molar-refractivity contribution in [3.8, 4) is 5.75 Å². The molecule has 242 valence electrons. The van der Waals surface area contributed by atoms with Crippen molar-refractivity contribution < 1.29 is 23.7 Å². The van der Waals surface area contributed by atoms with Crippen LogP contribution in [0.1, 0.15) is 62.5 Å². The summed E-state index contributed by atoms with van der Waals surface area (Å²) >= 11 is 0. The minimum Gasteiger partial charge on any atom is -0.492 e. The number of aryl methyl sites for hydroxylation is 1. The van der Waals surface area contributed by atoms with E-state index in [1.54, 1.807) is 41.5 Å². The van der Waals surface area contributed by atoms with Crippen LogP contribution in [0.2, 0.25) is 0 Å². The number of amides is 1. The Bertz CT molecular complexity index is 1710. The van der Waals surface area contributed by atoms with E-state index in [-0.39, 0.29) is 16.9 Å². The highest BCUT2D eigenvalue weighted by molar-refractivity contribution is 7.92. The SMILES string of the molecule is CC/C(=C(C)\C([NH3+])=C\N(N)c1cc(C(=O)Nc2cc(C(C)(C)C)cc(NS(C)(=O)=O)c2OC)ccc1C)N(N)c1ccccc1. The molecule has 12 heteroatoms. The second-order valence-corrected chi connectivity index (χ2v) is 13.6. The van der Waals surface area contributed by atoms with Gasteiger partial charge < -0.3 is 15.8 Å². The molecule has 0 atom stereocenters. The van der Waals surface area contributed by atoms with Crippen LogP contribution < -0.4 is 42.2 Å². The number of ether oxygens (including phenoxy) is 1. The number of nitrogens with one attached hydrogen (secondary N) is 2. The number of hydrogen-bond acceptors (Lipinski definition) is 8. The fourth-order valence-corrected chi connectivity index (χ4v) is 5.30. The third kappa shape index (κ3) is 8.85. The number of allylic oxidation sites excluding steroid dienone is 2. The molecule has 9 N–H and O–H groups in total. The highest BCUT2D eigenvalue weighted by Gasteiger charge is 2.23. The first-order chi connectivity index (χ1) is 21.0. The van der Waals surface area contributed by atoms with Gasteiger partial charge in [0.05, 0.1) is 42.3 Å². The standard InChI is InChI=1S/C33H45N7O4S/c1-9-29(40(36)25-13-11-10-12-14-25)22(3)26(34)20-39(35)30-17-23(16-15-21(30)2)32(41)37-27-18-24(33(4,5)6)19-28(31(27)44-7)38-45(8,42)43/h10-20,38H,9,34-36H2,1-8H3,(H,37,41)/p+1/b26-20-,29-22+. The van der Waals surface area contributed by atoms with E-state index >= 15 is 0 Å². The number of hydrazine groups is 2. The fraction of sp³-hybridized carbons (Fsp3) is 0.303. The van der Waals surface area contributed by atoms with Gasteiger partial charge >= 0.3 is 0 Å². The Morgan fingerprint density at radius 1 is 1.04 bits per heavy atom. The minimum absolute atomic E-state index is 0.192. The molecule has 0 radical (unpaired) electrons. The fourth-order valence-electron chi connectivity index (χ4n) is 4.75. The van der Waals surface area contributed by atoms with Crippen molar-refractivity contribution >= 4 is 38.7 Å². The molecular weight excluding hydrogens is 590 g/mol. The van der Waals surface area contributed by atoms with E-state index in [1.165, 1.54) is 12.1 Å². The topological polar surface area (TPSA) is 171 Å². The van der Waals surface area contributed by atoms with Gasteiger partial charge in [0, 0.05) is 16.8 Å². The Labute approximate surface area is 266 Å². The number of nitrogens with zero attached hydrogens (tertiary/aromatic N) is 2. The van der Waals surface area contributed by atoms with Crippen LogP contribution in [0.3, 0.4) is 0 Å². The summed E-state index contributed by atoms with van der Waals surface area (Å²) < 4.78 is 32.2. The molecule has 3 aromatic rings. The molecule has 0 saturated carbocycles. The molecule has 0 aromatic heterocycles. The van der Waals surface area contributed by atoms with Crippen LogP contribution in [0.25, 0.3) is 0 Å². The molecule has 0 heterocycles. The second kappa shape index (κ2) is 14.2. The molecule has 0 fully saturated rings. The largest absolute Gasteiger partial charge is 0.492 e. The van der Waals surface area contributed by atoms with Crippen molar-refractivity contribution in [2.75, 3.05) is 33.4 Å². The van der Waals surface area contributed by atoms with Gasteiger partial charge in [0.2, 0.25) is 10.0 Å². The van der Waals surface area contributed by atoms with Gasteiger partial charge in [0.25, 0.3) is 5.91 Å². The van der Waals surface area contributed by atoms with E-state index in [1.807, 2.05) is 71.9 Å². The summed E-state index contributed by atoms with van der Waals surface area (Å²) in [6.45, 7) is 11.8. The van der Waals surface area contributed by atoms with Gasteiger partial charge in [-0.2, -0.15) is 0 Å². The summed E-state index contributed by atoms with van der Waals surface area (Å²) in [6.07, 6.45) is 3.43. The van der Waals surface area contributed by atoms with Gasteiger partial charge in [-0.25, -0.2) is 20.1 Å². The maximum absolute atomic E-state index is 13.6. The predicted molar refractivity (Wildman–Crippen MR) is 183 cm³/mol. The highest BCUT2D eigenvalue weighted by Crippen LogP contribution is 2.39. The number of para-hydroxylation sites is 1. The second-order valence-electron chi connectivity index (χ2n) is 11.9. The molecule has 0 unspecified atom stereocenters. The highest BCUT2D eigenvalue weighted by atomic mass is 32.2. The lowest BCUT2D eigenvalue weighted by Gasteiger charge is -2.24. The monoisotopic (exact) mass is 636 g/mol. The molecule has 3 rings (SSSR count). The number of quaternary nitrogens is 1. The average Bonchev–Trinajstić information content (AvgIpc) is 2.96. The average molecular weight is 637 g/mol. The van der Waals surface area contributed by atoms with Crippen molar-refractivity contribution in [3.63, 3.8) is 0 Å². The Balaban J connectivity index is 1.97. The van der Waals surface area contributed by atoms with E-state index in [0.29, 0.717) is 29.1 Å². The lowest BCUT2D eigenvalue weighted by molar-refractivity contribution is -0.297. The summed E-state index contributed by atoms with van der Waals surface area (Å²) in [5.41, 5.74) is 10.3. The smallest absolute Gasteiger partial charge is 0.255 e. The van der Waals surface area contributed by atoms with E-state index < -0.39 is 15.9 Å². The summed E-state index contributed by atoms with van der Waals surface area (Å²) in [5.74, 6) is 12.7. The van der Waals surface area contributed by atoms with E-state index in [2.05, 4.69) is 15.8 Å². The van der Waals surface area contributed by atoms with E-state index in [0.717, 1.165) is 34.3 Å². The van der Waals surface area contributed by atoms with Crippen molar-refractivity contribution in [1.29, 1.82) is 0 Å². The molecule has 0 bridgehead atoms.